The normalized spacial score (nSPS) is 21.3. The molecular formula is C15H27N3OS. The van der Waals surface area contributed by atoms with Crippen molar-refractivity contribution in [3.05, 3.63) is 18.2 Å². The lowest BCUT2D eigenvalue weighted by molar-refractivity contribution is 0.180. The molecule has 0 aliphatic carbocycles. The Hall–Kier alpha value is -0.520. The van der Waals surface area contributed by atoms with Gasteiger partial charge in [-0.2, -0.15) is 11.8 Å². The number of nitrogens with two attached hydrogens (primary N) is 1. The zero-order valence-corrected chi connectivity index (χ0v) is 13.7. The van der Waals surface area contributed by atoms with E-state index >= 15 is 0 Å². The zero-order chi connectivity index (χ0) is 14.6. The van der Waals surface area contributed by atoms with Crippen LogP contribution in [0.15, 0.2) is 12.5 Å². The van der Waals surface area contributed by atoms with Gasteiger partial charge in [0.2, 0.25) is 0 Å². The molecule has 0 radical (unpaired) electrons. The van der Waals surface area contributed by atoms with E-state index in [0.29, 0.717) is 5.92 Å². The topological polar surface area (TPSA) is 53.1 Å². The van der Waals surface area contributed by atoms with Crippen LogP contribution in [0.1, 0.15) is 44.8 Å². The minimum atomic E-state index is 0.0354. The van der Waals surface area contributed by atoms with Crippen LogP contribution >= 0.6 is 11.8 Å². The van der Waals surface area contributed by atoms with Crippen LogP contribution in [-0.2, 0) is 11.3 Å². The van der Waals surface area contributed by atoms with E-state index in [-0.39, 0.29) is 10.8 Å². The van der Waals surface area contributed by atoms with Gasteiger partial charge in [-0.3, -0.25) is 0 Å². The molecule has 0 aromatic carbocycles. The number of ether oxygens (including phenoxy) is 1. The molecule has 5 heteroatoms. The van der Waals surface area contributed by atoms with Gasteiger partial charge in [0, 0.05) is 30.0 Å². The minimum absolute atomic E-state index is 0.0354. The lowest BCUT2D eigenvalue weighted by atomic mass is 9.96. The highest BCUT2D eigenvalue weighted by molar-refractivity contribution is 8.00. The summed E-state index contributed by atoms with van der Waals surface area (Å²) >= 11 is 1.95. The molecule has 2 N–H and O–H groups in total. The van der Waals surface area contributed by atoms with Gasteiger partial charge in [0.25, 0.3) is 0 Å². The quantitative estimate of drug-likeness (QED) is 0.841. The van der Waals surface area contributed by atoms with E-state index in [1.54, 1.807) is 0 Å². The molecule has 1 aromatic rings. The van der Waals surface area contributed by atoms with Gasteiger partial charge in [-0.25, -0.2) is 4.98 Å². The summed E-state index contributed by atoms with van der Waals surface area (Å²) in [6.07, 6.45) is 9.44. The lowest BCUT2D eigenvalue weighted by Crippen LogP contribution is -2.32. The van der Waals surface area contributed by atoms with E-state index in [9.17, 15) is 0 Å². The lowest BCUT2D eigenvalue weighted by Gasteiger charge is -2.31. The van der Waals surface area contributed by atoms with Gasteiger partial charge in [-0.1, -0.05) is 13.8 Å². The molecule has 1 aliphatic rings. The maximum atomic E-state index is 6.44. The summed E-state index contributed by atoms with van der Waals surface area (Å²) in [5.41, 5.74) is 7.59. The van der Waals surface area contributed by atoms with Gasteiger partial charge >= 0.3 is 0 Å². The maximum Gasteiger partial charge on any atom is 0.0949 e. The Labute approximate surface area is 126 Å². The highest BCUT2D eigenvalue weighted by Crippen LogP contribution is 2.34. The van der Waals surface area contributed by atoms with Gasteiger partial charge in [0.1, 0.15) is 0 Å². The van der Waals surface area contributed by atoms with Crippen molar-refractivity contribution in [1.29, 1.82) is 0 Å². The Morgan fingerprint density at radius 1 is 1.55 bits per heavy atom. The van der Waals surface area contributed by atoms with Crippen molar-refractivity contribution >= 4 is 11.8 Å². The van der Waals surface area contributed by atoms with Crippen molar-refractivity contribution in [3.8, 4) is 0 Å². The van der Waals surface area contributed by atoms with Crippen molar-refractivity contribution in [2.24, 2.45) is 11.7 Å². The van der Waals surface area contributed by atoms with Crippen LogP contribution in [0.5, 0.6) is 0 Å². The summed E-state index contributed by atoms with van der Waals surface area (Å²) in [6, 6.07) is 0.0354. The third-order valence-electron chi connectivity index (χ3n) is 4.74. The van der Waals surface area contributed by atoms with E-state index in [0.717, 1.165) is 44.7 Å². The van der Waals surface area contributed by atoms with Crippen molar-refractivity contribution in [2.75, 3.05) is 19.5 Å². The Morgan fingerprint density at radius 2 is 2.30 bits per heavy atom. The van der Waals surface area contributed by atoms with E-state index in [1.807, 2.05) is 24.3 Å². The molecule has 114 valence electrons. The molecule has 1 fully saturated rings. The molecule has 0 amide bonds. The third kappa shape index (κ3) is 3.21. The number of nitrogens with zero attached hydrogens (tertiary/aromatic N) is 2. The van der Waals surface area contributed by atoms with Gasteiger partial charge in [0.05, 0.1) is 24.7 Å². The number of rotatable bonds is 7. The van der Waals surface area contributed by atoms with Crippen LogP contribution in [0, 0.1) is 5.92 Å². The Balaban J connectivity index is 2.15. The van der Waals surface area contributed by atoms with E-state index in [2.05, 4.69) is 29.7 Å². The van der Waals surface area contributed by atoms with Crippen molar-refractivity contribution in [2.45, 2.75) is 50.4 Å². The molecule has 1 aromatic heterocycles. The first-order valence-electron chi connectivity index (χ1n) is 7.54. The van der Waals surface area contributed by atoms with Crippen LogP contribution in [0.3, 0.4) is 0 Å². The van der Waals surface area contributed by atoms with Crippen molar-refractivity contribution < 1.29 is 4.74 Å². The summed E-state index contributed by atoms with van der Waals surface area (Å²) in [4.78, 5) is 4.33. The number of hydrogen-bond donors (Lipinski definition) is 1. The molecule has 1 saturated heterocycles. The fraction of sp³-hybridized carbons (Fsp3) is 0.800. The fourth-order valence-electron chi connectivity index (χ4n) is 2.96. The van der Waals surface area contributed by atoms with E-state index in [4.69, 9.17) is 10.5 Å². The first kappa shape index (κ1) is 15.9. The maximum absolute atomic E-state index is 6.44. The highest BCUT2D eigenvalue weighted by Gasteiger charge is 2.30. The molecule has 20 heavy (non-hydrogen) atoms. The first-order chi connectivity index (χ1) is 9.65. The Bertz CT molecular complexity index is 403. The average Bonchev–Trinajstić information content (AvgIpc) is 3.15. The largest absolute Gasteiger partial charge is 0.381 e. The van der Waals surface area contributed by atoms with E-state index < -0.39 is 0 Å². The molecule has 2 rings (SSSR count). The molecule has 0 saturated carbocycles. The van der Waals surface area contributed by atoms with Crippen LogP contribution < -0.4 is 5.73 Å². The van der Waals surface area contributed by atoms with Crippen LogP contribution in [0.2, 0.25) is 0 Å². The number of hydrogen-bond acceptors (Lipinski definition) is 4. The summed E-state index contributed by atoms with van der Waals surface area (Å²) in [5, 5.41) is 0. The summed E-state index contributed by atoms with van der Waals surface area (Å²) in [5.74, 6) is 0.428. The molecule has 0 spiro atoms. The highest BCUT2D eigenvalue weighted by atomic mass is 32.2. The first-order valence-corrected chi connectivity index (χ1v) is 8.76. The average molecular weight is 297 g/mol. The molecule has 1 aliphatic heterocycles. The van der Waals surface area contributed by atoms with Gasteiger partial charge in [-0.15, -0.1) is 0 Å². The summed E-state index contributed by atoms with van der Waals surface area (Å²) < 4.78 is 8.00. The minimum Gasteiger partial charge on any atom is -0.381 e. The predicted molar refractivity (Wildman–Crippen MR) is 84.9 cm³/mol. The van der Waals surface area contributed by atoms with Crippen LogP contribution in [-0.4, -0.2) is 33.8 Å². The van der Waals surface area contributed by atoms with Crippen molar-refractivity contribution in [3.63, 3.8) is 0 Å². The van der Waals surface area contributed by atoms with Crippen LogP contribution in [0.4, 0.5) is 0 Å². The molecule has 2 atom stereocenters. The molecule has 2 heterocycles. The zero-order valence-electron chi connectivity index (χ0n) is 12.8. The molecule has 2 unspecified atom stereocenters. The van der Waals surface area contributed by atoms with Crippen LogP contribution in [0.25, 0.3) is 0 Å². The second-order valence-electron chi connectivity index (χ2n) is 5.69. The van der Waals surface area contributed by atoms with Gasteiger partial charge < -0.3 is 15.0 Å². The fourth-order valence-corrected chi connectivity index (χ4v) is 3.80. The molecular weight excluding hydrogens is 270 g/mol. The predicted octanol–water partition coefficient (Wildman–Crippen LogP) is 2.84. The Morgan fingerprint density at radius 3 is 2.85 bits per heavy atom. The number of aromatic nitrogens is 2. The monoisotopic (exact) mass is 297 g/mol. The van der Waals surface area contributed by atoms with Crippen molar-refractivity contribution in [1.82, 2.24) is 9.55 Å². The van der Waals surface area contributed by atoms with Gasteiger partial charge in [0.15, 0.2) is 0 Å². The smallest absolute Gasteiger partial charge is 0.0949 e. The third-order valence-corrected chi connectivity index (χ3v) is 6.31. The second kappa shape index (κ2) is 6.96. The summed E-state index contributed by atoms with van der Waals surface area (Å²) in [7, 11) is 0. The van der Waals surface area contributed by atoms with E-state index in [1.165, 1.54) is 0 Å². The Kier molecular flexibility index (Phi) is 5.52. The SMILES string of the molecule is CCC(CC)(Cn1cncc1C(N)C1CCOC1)SC. The summed E-state index contributed by atoms with van der Waals surface area (Å²) in [6.45, 7) is 7.13. The molecule has 4 nitrogen and oxygen atoms in total. The number of thioether (sulfide) groups is 1. The number of imidazole rings is 1. The van der Waals surface area contributed by atoms with Gasteiger partial charge in [-0.05, 0) is 25.5 Å². The standard InChI is InChI=1S/C15H27N3OS/c1-4-15(5-2,20-3)10-18-11-17-8-13(18)14(16)12-6-7-19-9-12/h8,11-12,14H,4-7,9-10,16H2,1-3H3. The molecule has 0 bridgehead atoms. The second-order valence-corrected chi connectivity index (χ2v) is 6.96.